The van der Waals surface area contributed by atoms with E-state index in [4.69, 9.17) is 5.11 Å². The molecule has 0 radical (unpaired) electrons. The van der Waals surface area contributed by atoms with Crippen molar-refractivity contribution in [3.63, 3.8) is 0 Å². The van der Waals surface area contributed by atoms with E-state index in [9.17, 15) is 0 Å². The monoisotopic (exact) mass is 256 g/mol. The summed E-state index contributed by atoms with van der Waals surface area (Å²) in [6, 6.07) is 8.55. The molecule has 2 aromatic rings. The molecule has 1 aliphatic rings. The summed E-state index contributed by atoms with van der Waals surface area (Å²) in [5.74, 6) is 0. The van der Waals surface area contributed by atoms with E-state index < -0.39 is 0 Å². The predicted molar refractivity (Wildman–Crippen MR) is 76.8 cm³/mol. The first-order chi connectivity index (χ1) is 9.31. The smallest absolute Gasteiger partial charge is 0.0436 e. The predicted octanol–water partition coefficient (Wildman–Crippen LogP) is 2.49. The summed E-state index contributed by atoms with van der Waals surface area (Å²) in [6.45, 7) is 2.22. The van der Waals surface area contributed by atoms with Crippen molar-refractivity contribution in [2.24, 2.45) is 5.41 Å². The summed E-state index contributed by atoms with van der Waals surface area (Å²) in [4.78, 5) is 4.13. The maximum Gasteiger partial charge on any atom is 0.0436 e. The molecule has 100 valence electrons. The van der Waals surface area contributed by atoms with Gasteiger partial charge < -0.3 is 10.4 Å². The number of hydrogen-bond donors (Lipinski definition) is 2. The Morgan fingerprint density at radius 2 is 2.11 bits per heavy atom. The number of aromatic nitrogens is 1. The first-order valence-corrected chi connectivity index (χ1v) is 6.96. The van der Waals surface area contributed by atoms with Crippen LogP contribution >= 0.6 is 0 Å². The molecule has 0 spiro atoms. The van der Waals surface area contributed by atoms with E-state index in [1.807, 2.05) is 18.5 Å². The largest absolute Gasteiger partial charge is 0.396 e. The van der Waals surface area contributed by atoms with Crippen molar-refractivity contribution >= 4 is 10.8 Å². The highest BCUT2D eigenvalue weighted by Gasteiger charge is 2.41. The van der Waals surface area contributed by atoms with Crippen molar-refractivity contribution in [2.75, 3.05) is 13.2 Å². The molecule has 0 atom stereocenters. The Bertz CT molecular complexity index is 563. The average Bonchev–Trinajstić information content (AvgIpc) is 3.19. The second-order valence-electron chi connectivity index (χ2n) is 5.63. The molecule has 0 unspecified atom stereocenters. The zero-order valence-electron chi connectivity index (χ0n) is 11.1. The Morgan fingerprint density at radius 3 is 2.89 bits per heavy atom. The van der Waals surface area contributed by atoms with Gasteiger partial charge in [-0.2, -0.15) is 0 Å². The molecule has 3 rings (SSSR count). The lowest BCUT2D eigenvalue weighted by molar-refractivity contribution is 0.245. The van der Waals surface area contributed by atoms with E-state index >= 15 is 0 Å². The van der Waals surface area contributed by atoms with Gasteiger partial charge in [-0.05, 0) is 47.8 Å². The summed E-state index contributed by atoms with van der Waals surface area (Å²) in [6.07, 6.45) is 7.17. The summed E-state index contributed by atoms with van der Waals surface area (Å²) >= 11 is 0. The zero-order chi connectivity index (χ0) is 13.1. The molecular weight excluding hydrogens is 236 g/mol. The van der Waals surface area contributed by atoms with E-state index in [0.29, 0.717) is 12.0 Å². The van der Waals surface area contributed by atoms with E-state index in [1.165, 1.54) is 29.2 Å². The van der Waals surface area contributed by atoms with E-state index in [1.54, 1.807) is 0 Å². The number of benzene rings is 1. The van der Waals surface area contributed by atoms with Crippen LogP contribution in [0.3, 0.4) is 0 Å². The van der Waals surface area contributed by atoms with Gasteiger partial charge in [-0.1, -0.05) is 12.1 Å². The lowest BCUT2D eigenvalue weighted by atomic mass is 10.0. The third-order valence-electron chi connectivity index (χ3n) is 4.13. The molecular formula is C16H20N2O. The van der Waals surface area contributed by atoms with Crippen LogP contribution in [0.1, 0.15) is 24.8 Å². The molecule has 2 N–H and O–H groups in total. The summed E-state index contributed by atoms with van der Waals surface area (Å²) in [7, 11) is 0. The van der Waals surface area contributed by atoms with Crippen LogP contribution in [0, 0.1) is 5.41 Å². The first-order valence-electron chi connectivity index (χ1n) is 6.96. The van der Waals surface area contributed by atoms with Crippen molar-refractivity contribution in [3.8, 4) is 0 Å². The van der Waals surface area contributed by atoms with Crippen LogP contribution in [0.15, 0.2) is 36.7 Å². The molecule has 0 bridgehead atoms. The molecule has 1 saturated carbocycles. The minimum absolute atomic E-state index is 0.310. The molecule has 3 heteroatoms. The Morgan fingerprint density at radius 1 is 1.21 bits per heavy atom. The maximum absolute atomic E-state index is 9.04. The first kappa shape index (κ1) is 12.6. The molecule has 1 aromatic carbocycles. The van der Waals surface area contributed by atoms with Gasteiger partial charge in [-0.25, -0.2) is 0 Å². The van der Waals surface area contributed by atoms with Crippen LogP contribution in [0.25, 0.3) is 10.8 Å². The molecule has 1 aromatic heterocycles. The lowest BCUT2D eigenvalue weighted by Crippen LogP contribution is -2.24. The topological polar surface area (TPSA) is 45.1 Å². The van der Waals surface area contributed by atoms with Crippen molar-refractivity contribution < 1.29 is 5.11 Å². The molecule has 1 aliphatic carbocycles. The van der Waals surface area contributed by atoms with Crippen molar-refractivity contribution in [3.05, 3.63) is 42.2 Å². The van der Waals surface area contributed by atoms with Crippen LogP contribution in [0.2, 0.25) is 0 Å². The molecule has 1 heterocycles. The lowest BCUT2D eigenvalue weighted by Gasteiger charge is -2.14. The van der Waals surface area contributed by atoms with Crippen LogP contribution in [-0.4, -0.2) is 23.2 Å². The third-order valence-corrected chi connectivity index (χ3v) is 4.13. The minimum atomic E-state index is 0.310. The number of pyridine rings is 1. The molecule has 0 amide bonds. The van der Waals surface area contributed by atoms with Crippen LogP contribution in [0.5, 0.6) is 0 Å². The molecule has 1 fully saturated rings. The second-order valence-corrected chi connectivity index (χ2v) is 5.63. The number of aliphatic hydroxyl groups is 1. The summed E-state index contributed by atoms with van der Waals surface area (Å²) in [5.41, 5.74) is 1.69. The Hall–Kier alpha value is -1.45. The second kappa shape index (κ2) is 5.27. The number of nitrogens with zero attached hydrogens (tertiary/aromatic N) is 1. The van der Waals surface area contributed by atoms with Crippen molar-refractivity contribution in [2.45, 2.75) is 25.8 Å². The number of nitrogens with one attached hydrogen (secondary N) is 1. The number of aliphatic hydroxyl groups excluding tert-OH is 1. The standard InChI is InChI=1S/C16H20N2O/c19-8-6-16(4-5-16)12-18-10-13-1-2-15-11-17-7-3-14(15)9-13/h1-3,7,9,11,18-19H,4-6,8,10,12H2. The summed E-state index contributed by atoms with van der Waals surface area (Å²) < 4.78 is 0. The van der Waals surface area contributed by atoms with Gasteiger partial charge in [-0.3, -0.25) is 4.98 Å². The minimum Gasteiger partial charge on any atom is -0.396 e. The van der Waals surface area contributed by atoms with Crippen molar-refractivity contribution in [1.29, 1.82) is 0 Å². The van der Waals surface area contributed by atoms with Gasteiger partial charge in [-0.15, -0.1) is 0 Å². The fraction of sp³-hybridized carbons (Fsp3) is 0.438. The molecule has 19 heavy (non-hydrogen) atoms. The van der Waals surface area contributed by atoms with Crippen LogP contribution in [0.4, 0.5) is 0 Å². The van der Waals surface area contributed by atoms with Gasteiger partial charge in [0, 0.05) is 37.5 Å². The van der Waals surface area contributed by atoms with Gasteiger partial charge in [0.1, 0.15) is 0 Å². The Balaban J connectivity index is 1.59. The van der Waals surface area contributed by atoms with Crippen LogP contribution in [-0.2, 0) is 6.54 Å². The maximum atomic E-state index is 9.04. The van der Waals surface area contributed by atoms with Gasteiger partial charge in [0.05, 0.1) is 0 Å². The highest BCUT2D eigenvalue weighted by atomic mass is 16.3. The number of fused-ring (bicyclic) bond motifs is 1. The van der Waals surface area contributed by atoms with Gasteiger partial charge in [0.15, 0.2) is 0 Å². The Labute approximate surface area is 113 Å². The summed E-state index contributed by atoms with van der Waals surface area (Å²) in [5, 5.41) is 15.0. The van der Waals surface area contributed by atoms with E-state index in [2.05, 4.69) is 28.5 Å². The fourth-order valence-electron chi connectivity index (χ4n) is 2.64. The molecule has 3 nitrogen and oxygen atoms in total. The zero-order valence-corrected chi connectivity index (χ0v) is 11.1. The van der Waals surface area contributed by atoms with Gasteiger partial charge in [0.2, 0.25) is 0 Å². The third kappa shape index (κ3) is 2.94. The SMILES string of the molecule is OCCC1(CNCc2ccc3cnccc3c2)CC1. The number of rotatable bonds is 6. The normalized spacial score (nSPS) is 16.7. The number of hydrogen-bond acceptors (Lipinski definition) is 3. The van der Waals surface area contributed by atoms with Gasteiger partial charge in [0.25, 0.3) is 0 Å². The average molecular weight is 256 g/mol. The van der Waals surface area contributed by atoms with Crippen molar-refractivity contribution in [1.82, 2.24) is 10.3 Å². The Kier molecular flexibility index (Phi) is 3.49. The van der Waals surface area contributed by atoms with Gasteiger partial charge >= 0.3 is 0 Å². The van der Waals surface area contributed by atoms with E-state index in [0.717, 1.165) is 19.5 Å². The van der Waals surface area contributed by atoms with Crippen LogP contribution < -0.4 is 5.32 Å². The quantitative estimate of drug-likeness (QED) is 0.834. The van der Waals surface area contributed by atoms with E-state index in [-0.39, 0.29) is 0 Å². The highest BCUT2D eigenvalue weighted by molar-refractivity contribution is 5.81. The highest BCUT2D eigenvalue weighted by Crippen LogP contribution is 2.47. The molecule has 0 saturated heterocycles. The molecule has 0 aliphatic heterocycles. The fourth-order valence-corrected chi connectivity index (χ4v) is 2.64.